The number of fused-ring (bicyclic) bond motifs is 1. The predicted molar refractivity (Wildman–Crippen MR) is 89.4 cm³/mol. The Labute approximate surface area is 140 Å². The van der Waals surface area contributed by atoms with Crippen LogP contribution in [0.25, 0.3) is 0 Å². The average molecular weight is 356 g/mol. The predicted octanol–water partition coefficient (Wildman–Crippen LogP) is 1.60. The zero-order chi connectivity index (χ0) is 16.4. The Balaban J connectivity index is 1.82. The molecule has 1 atom stereocenters. The molecule has 126 valence electrons. The Morgan fingerprint density at radius 2 is 2.30 bits per heavy atom. The van der Waals surface area contributed by atoms with Crippen molar-refractivity contribution in [3.63, 3.8) is 0 Å². The molecule has 0 aliphatic carbocycles. The number of rotatable bonds is 4. The van der Waals surface area contributed by atoms with Gasteiger partial charge in [0.15, 0.2) is 0 Å². The molecule has 0 spiro atoms. The molecule has 1 fully saturated rings. The summed E-state index contributed by atoms with van der Waals surface area (Å²) < 4.78 is 33.0. The summed E-state index contributed by atoms with van der Waals surface area (Å²) in [4.78, 5) is 14.5. The van der Waals surface area contributed by atoms with E-state index in [1.54, 1.807) is 34.9 Å². The minimum atomic E-state index is -3.61. The lowest BCUT2D eigenvalue weighted by atomic mass is 10.2. The Hall–Kier alpha value is -1.09. The molecule has 23 heavy (non-hydrogen) atoms. The van der Waals surface area contributed by atoms with Gasteiger partial charge < -0.3 is 9.64 Å². The summed E-state index contributed by atoms with van der Waals surface area (Å²) in [5, 5.41) is 0. The van der Waals surface area contributed by atoms with Crippen molar-refractivity contribution in [3.8, 4) is 0 Å². The van der Waals surface area contributed by atoms with Gasteiger partial charge >= 0.3 is 0 Å². The number of ether oxygens (including phenoxy) is 1. The van der Waals surface area contributed by atoms with E-state index in [0.717, 1.165) is 23.5 Å². The second kappa shape index (κ2) is 6.80. The van der Waals surface area contributed by atoms with Crippen LogP contribution in [0, 0.1) is 0 Å². The van der Waals surface area contributed by atoms with Crippen LogP contribution in [0.5, 0.6) is 0 Å². The zero-order valence-electron chi connectivity index (χ0n) is 12.9. The molecule has 2 heterocycles. The SMILES string of the molecule is CC(=O)N1CCSc2ccc(S(=O)(=O)NC[C@@H]3CCCO3)cc21. The fourth-order valence-corrected chi connectivity index (χ4v) is 4.84. The van der Waals surface area contributed by atoms with E-state index in [-0.39, 0.29) is 23.5 Å². The van der Waals surface area contributed by atoms with Crippen molar-refractivity contribution >= 4 is 33.4 Å². The molecule has 0 bridgehead atoms. The topological polar surface area (TPSA) is 75.7 Å². The number of hydrogen-bond donors (Lipinski definition) is 1. The molecule has 6 nitrogen and oxygen atoms in total. The van der Waals surface area contributed by atoms with Crippen LogP contribution < -0.4 is 9.62 Å². The molecule has 1 saturated heterocycles. The Kier molecular flexibility index (Phi) is 4.96. The van der Waals surface area contributed by atoms with Gasteiger partial charge in [0.1, 0.15) is 0 Å². The van der Waals surface area contributed by atoms with Crippen molar-refractivity contribution in [3.05, 3.63) is 18.2 Å². The molecule has 0 saturated carbocycles. The number of hydrogen-bond acceptors (Lipinski definition) is 5. The van der Waals surface area contributed by atoms with Crippen molar-refractivity contribution in [1.29, 1.82) is 0 Å². The Morgan fingerprint density at radius 3 is 3.00 bits per heavy atom. The molecule has 1 aromatic rings. The van der Waals surface area contributed by atoms with Crippen LogP contribution in [0.4, 0.5) is 5.69 Å². The average Bonchev–Trinajstić information content (AvgIpc) is 3.05. The van der Waals surface area contributed by atoms with E-state index in [4.69, 9.17) is 4.74 Å². The van der Waals surface area contributed by atoms with Crippen molar-refractivity contribution in [2.24, 2.45) is 0 Å². The number of sulfonamides is 1. The Morgan fingerprint density at radius 1 is 1.48 bits per heavy atom. The lowest BCUT2D eigenvalue weighted by molar-refractivity contribution is -0.116. The highest BCUT2D eigenvalue weighted by Crippen LogP contribution is 2.36. The summed E-state index contributed by atoms with van der Waals surface area (Å²) in [5.74, 6) is 0.740. The largest absolute Gasteiger partial charge is 0.377 e. The highest BCUT2D eigenvalue weighted by molar-refractivity contribution is 7.99. The van der Waals surface area contributed by atoms with E-state index < -0.39 is 10.0 Å². The minimum Gasteiger partial charge on any atom is -0.377 e. The monoisotopic (exact) mass is 356 g/mol. The number of nitrogens with one attached hydrogen (secondary N) is 1. The van der Waals surface area contributed by atoms with Crippen LogP contribution in [-0.2, 0) is 19.6 Å². The maximum Gasteiger partial charge on any atom is 0.240 e. The molecule has 2 aliphatic rings. The lowest BCUT2D eigenvalue weighted by Gasteiger charge is -2.28. The highest BCUT2D eigenvalue weighted by Gasteiger charge is 2.25. The molecule has 0 radical (unpaired) electrons. The van der Waals surface area contributed by atoms with Gasteiger partial charge in [-0.2, -0.15) is 0 Å². The number of benzene rings is 1. The van der Waals surface area contributed by atoms with Crippen molar-refractivity contribution in [2.75, 3.05) is 30.3 Å². The van der Waals surface area contributed by atoms with Gasteiger partial charge in [-0.25, -0.2) is 13.1 Å². The van der Waals surface area contributed by atoms with Gasteiger partial charge in [-0.1, -0.05) is 0 Å². The minimum absolute atomic E-state index is 0.0494. The lowest BCUT2D eigenvalue weighted by Crippen LogP contribution is -2.34. The number of amides is 1. The first-order valence-electron chi connectivity index (χ1n) is 7.63. The first kappa shape index (κ1) is 16.8. The molecule has 1 amide bonds. The Bertz CT molecular complexity index is 699. The zero-order valence-corrected chi connectivity index (χ0v) is 14.6. The third-order valence-corrected chi connectivity index (χ3v) is 6.47. The molecule has 8 heteroatoms. The summed E-state index contributed by atoms with van der Waals surface area (Å²) in [6.07, 6.45) is 1.80. The summed E-state index contributed by atoms with van der Waals surface area (Å²) >= 11 is 1.63. The van der Waals surface area contributed by atoms with Gasteiger partial charge in [0.25, 0.3) is 0 Å². The second-order valence-electron chi connectivity index (χ2n) is 5.64. The highest BCUT2D eigenvalue weighted by atomic mass is 32.2. The van der Waals surface area contributed by atoms with Crippen LogP contribution in [0.1, 0.15) is 19.8 Å². The van der Waals surface area contributed by atoms with E-state index in [2.05, 4.69) is 4.72 Å². The van der Waals surface area contributed by atoms with Crippen LogP contribution in [0.15, 0.2) is 28.0 Å². The molecule has 0 unspecified atom stereocenters. The number of carbonyl (C=O) groups excluding carboxylic acids is 1. The molecule has 0 aromatic heterocycles. The third kappa shape index (κ3) is 3.71. The normalized spacial score (nSPS) is 21.3. The standard InChI is InChI=1S/C15H20N2O4S2/c1-11(18)17-6-8-22-15-5-4-13(9-14(15)17)23(19,20)16-10-12-3-2-7-21-12/h4-5,9,12,16H,2-3,6-8,10H2,1H3/t12-/m0/s1. The smallest absolute Gasteiger partial charge is 0.240 e. The quantitative estimate of drug-likeness (QED) is 0.887. The van der Waals surface area contributed by atoms with E-state index >= 15 is 0 Å². The second-order valence-corrected chi connectivity index (χ2v) is 8.54. The summed E-state index contributed by atoms with van der Waals surface area (Å²) in [6, 6.07) is 4.95. The van der Waals surface area contributed by atoms with Gasteiger partial charge in [-0.05, 0) is 31.0 Å². The van der Waals surface area contributed by atoms with Gasteiger partial charge in [-0.3, -0.25) is 4.79 Å². The first-order valence-corrected chi connectivity index (χ1v) is 10.1. The maximum atomic E-state index is 12.5. The van der Waals surface area contributed by atoms with Gasteiger partial charge in [0.05, 0.1) is 16.7 Å². The van der Waals surface area contributed by atoms with E-state index in [9.17, 15) is 13.2 Å². The fraction of sp³-hybridized carbons (Fsp3) is 0.533. The van der Waals surface area contributed by atoms with Crippen LogP contribution in [0.2, 0.25) is 0 Å². The summed E-state index contributed by atoms with van der Waals surface area (Å²) in [6.45, 7) is 3.07. The van der Waals surface area contributed by atoms with Gasteiger partial charge in [0.2, 0.25) is 15.9 Å². The fourth-order valence-electron chi connectivity index (χ4n) is 2.78. The van der Waals surface area contributed by atoms with Crippen molar-refractivity contribution in [2.45, 2.75) is 35.7 Å². The van der Waals surface area contributed by atoms with Gasteiger partial charge in [0, 0.05) is 37.3 Å². The molecule has 1 N–H and O–H groups in total. The third-order valence-electron chi connectivity index (χ3n) is 4.01. The first-order chi connectivity index (χ1) is 11.0. The number of thioether (sulfide) groups is 1. The summed E-state index contributed by atoms with van der Waals surface area (Å²) in [5.41, 5.74) is 0.675. The van der Waals surface area contributed by atoms with Crippen molar-refractivity contribution in [1.82, 2.24) is 4.72 Å². The number of anilines is 1. The van der Waals surface area contributed by atoms with Gasteiger partial charge in [-0.15, -0.1) is 11.8 Å². The van der Waals surface area contributed by atoms with Crippen LogP contribution in [0.3, 0.4) is 0 Å². The summed E-state index contributed by atoms with van der Waals surface area (Å²) in [7, 11) is -3.61. The van der Waals surface area contributed by atoms with Crippen LogP contribution in [-0.4, -0.2) is 45.9 Å². The molecule has 1 aromatic carbocycles. The van der Waals surface area contributed by atoms with Crippen LogP contribution >= 0.6 is 11.8 Å². The van der Waals surface area contributed by atoms with E-state index in [0.29, 0.717) is 18.8 Å². The molecular formula is C15H20N2O4S2. The molecule has 3 rings (SSSR count). The number of nitrogens with zero attached hydrogens (tertiary/aromatic N) is 1. The molecular weight excluding hydrogens is 336 g/mol. The number of carbonyl (C=O) groups is 1. The van der Waals surface area contributed by atoms with Crippen molar-refractivity contribution < 1.29 is 17.9 Å². The van der Waals surface area contributed by atoms with E-state index in [1.807, 2.05) is 0 Å². The maximum absolute atomic E-state index is 12.5. The van der Waals surface area contributed by atoms with E-state index in [1.165, 1.54) is 6.92 Å². The molecule has 2 aliphatic heterocycles.